The molecule has 2 aromatic heterocycles. The van der Waals surface area contributed by atoms with E-state index < -0.39 is 0 Å². The normalized spacial score (nSPS) is 11.1. The first-order chi connectivity index (χ1) is 7.74. The van der Waals surface area contributed by atoms with Crippen molar-refractivity contribution in [1.82, 2.24) is 10.1 Å². The molecule has 0 fully saturated rings. The van der Waals surface area contributed by atoms with E-state index in [1.54, 1.807) is 6.92 Å². The highest BCUT2D eigenvalue weighted by Crippen LogP contribution is 2.28. The number of furan rings is 1. The molecule has 0 radical (unpaired) electrons. The largest absolute Gasteiger partial charge is 0.461 e. The van der Waals surface area contributed by atoms with E-state index in [2.05, 4.69) is 10.1 Å². The fourth-order valence-corrected chi connectivity index (χ4v) is 1.79. The van der Waals surface area contributed by atoms with Gasteiger partial charge in [-0.3, -0.25) is 0 Å². The maximum Gasteiger partial charge on any atom is 0.223 e. The fourth-order valence-electron chi connectivity index (χ4n) is 1.79. The van der Waals surface area contributed by atoms with Crippen molar-refractivity contribution in [2.24, 2.45) is 0 Å². The SMILES string of the molecule is Cc1cc2c(-c3noc(C)n3)cccc2o1. The van der Waals surface area contributed by atoms with Crippen LogP contribution >= 0.6 is 0 Å². The average molecular weight is 214 g/mol. The Morgan fingerprint density at radius 3 is 2.81 bits per heavy atom. The fraction of sp³-hybridized carbons (Fsp3) is 0.167. The van der Waals surface area contributed by atoms with E-state index in [1.807, 2.05) is 31.2 Å². The molecule has 0 atom stereocenters. The van der Waals surface area contributed by atoms with Crippen molar-refractivity contribution in [3.63, 3.8) is 0 Å². The van der Waals surface area contributed by atoms with E-state index in [4.69, 9.17) is 8.94 Å². The van der Waals surface area contributed by atoms with Crippen LogP contribution in [0.5, 0.6) is 0 Å². The predicted molar refractivity (Wildman–Crippen MR) is 59.0 cm³/mol. The summed E-state index contributed by atoms with van der Waals surface area (Å²) in [5.41, 5.74) is 1.78. The van der Waals surface area contributed by atoms with E-state index in [1.165, 1.54) is 0 Å². The Balaban J connectivity index is 2.30. The summed E-state index contributed by atoms with van der Waals surface area (Å²) in [6, 6.07) is 7.79. The van der Waals surface area contributed by atoms with Crippen LogP contribution < -0.4 is 0 Å². The van der Waals surface area contributed by atoms with E-state index in [0.29, 0.717) is 11.7 Å². The molecule has 0 aliphatic heterocycles. The Hall–Kier alpha value is -2.10. The molecule has 0 unspecified atom stereocenters. The lowest BCUT2D eigenvalue weighted by molar-refractivity contribution is 0.394. The minimum absolute atomic E-state index is 0.562. The third-order valence-corrected chi connectivity index (χ3v) is 2.45. The number of fused-ring (bicyclic) bond motifs is 1. The van der Waals surface area contributed by atoms with Gasteiger partial charge >= 0.3 is 0 Å². The Morgan fingerprint density at radius 1 is 1.19 bits per heavy atom. The van der Waals surface area contributed by atoms with Gasteiger partial charge in [0.1, 0.15) is 11.3 Å². The van der Waals surface area contributed by atoms with E-state index in [0.717, 1.165) is 22.3 Å². The maximum atomic E-state index is 5.55. The van der Waals surface area contributed by atoms with Crippen LogP contribution in [-0.2, 0) is 0 Å². The summed E-state index contributed by atoms with van der Waals surface area (Å²) in [4.78, 5) is 4.22. The molecular weight excluding hydrogens is 204 g/mol. The van der Waals surface area contributed by atoms with Crippen molar-refractivity contribution in [3.8, 4) is 11.4 Å². The predicted octanol–water partition coefficient (Wildman–Crippen LogP) is 3.10. The second-order valence-electron chi connectivity index (χ2n) is 3.71. The third kappa shape index (κ3) is 1.31. The van der Waals surface area contributed by atoms with Gasteiger partial charge in [-0.2, -0.15) is 4.98 Å². The first kappa shape index (κ1) is 9.15. The van der Waals surface area contributed by atoms with Crippen molar-refractivity contribution in [1.29, 1.82) is 0 Å². The number of rotatable bonds is 1. The van der Waals surface area contributed by atoms with E-state index >= 15 is 0 Å². The lowest BCUT2D eigenvalue weighted by Gasteiger charge is -1.94. The van der Waals surface area contributed by atoms with Gasteiger partial charge in [0.2, 0.25) is 11.7 Å². The molecule has 3 rings (SSSR count). The Kier molecular flexibility index (Phi) is 1.83. The Labute approximate surface area is 91.9 Å². The van der Waals surface area contributed by atoms with Crippen LogP contribution in [0.2, 0.25) is 0 Å². The monoisotopic (exact) mass is 214 g/mol. The maximum absolute atomic E-state index is 5.55. The van der Waals surface area contributed by atoms with Crippen LogP contribution in [0, 0.1) is 13.8 Å². The minimum Gasteiger partial charge on any atom is -0.461 e. The molecule has 4 heteroatoms. The van der Waals surface area contributed by atoms with Crippen molar-refractivity contribution in [2.45, 2.75) is 13.8 Å². The van der Waals surface area contributed by atoms with Crippen LogP contribution in [0.15, 0.2) is 33.2 Å². The Bertz CT molecular complexity index is 652. The average Bonchev–Trinajstić information content (AvgIpc) is 2.82. The molecule has 3 aromatic rings. The molecule has 2 heterocycles. The number of hydrogen-bond donors (Lipinski definition) is 0. The van der Waals surface area contributed by atoms with Gasteiger partial charge in [-0.05, 0) is 19.1 Å². The lowest BCUT2D eigenvalue weighted by Crippen LogP contribution is -1.81. The van der Waals surface area contributed by atoms with Gasteiger partial charge in [0.15, 0.2) is 0 Å². The molecule has 4 nitrogen and oxygen atoms in total. The van der Waals surface area contributed by atoms with Gasteiger partial charge in [-0.25, -0.2) is 0 Å². The van der Waals surface area contributed by atoms with Crippen molar-refractivity contribution < 1.29 is 8.94 Å². The molecule has 0 aliphatic carbocycles. The minimum atomic E-state index is 0.562. The number of benzene rings is 1. The molecule has 0 spiro atoms. The molecule has 0 saturated carbocycles. The standard InChI is InChI=1S/C12H10N2O2/c1-7-6-10-9(4-3-5-11(10)15-7)12-13-8(2)16-14-12/h3-6H,1-2H3. The number of nitrogens with zero attached hydrogens (tertiary/aromatic N) is 2. The van der Waals surface area contributed by atoms with Gasteiger partial charge in [-0.1, -0.05) is 17.3 Å². The zero-order valence-electron chi connectivity index (χ0n) is 9.02. The third-order valence-electron chi connectivity index (χ3n) is 2.45. The molecule has 0 N–H and O–H groups in total. The Morgan fingerprint density at radius 2 is 2.06 bits per heavy atom. The molecule has 0 amide bonds. The highest BCUT2D eigenvalue weighted by molar-refractivity contribution is 5.92. The summed E-state index contributed by atoms with van der Waals surface area (Å²) in [5, 5.41) is 4.93. The molecule has 0 saturated heterocycles. The highest BCUT2D eigenvalue weighted by Gasteiger charge is 2.11. The molecule has 16 heavy (non-hydrogen) atoms. The van der Waals surface area contributed by atoms with Gasteiger partial charge in [-0.15, -0.1) is 0 Å². The van der Waals surface area contributed by atoms with Crippen LogP contribution in [0.4, 0.5) is 0 Å². The summed E-state index contributed by atoms with van der Waals surface area (Å²) >= 11 is 0. The lowest BCUT2D eigenvalue weighted by atomic mass is 10.1. The van der Waals surface area contributed by atoms with Crippen LogP contribution in [0.25, 0.3) is 22.4 Å². The highest BCUT2D eigenvalue weighted by atomic mass is 16.5. The van der Waals surface area contributed by atoms with Crippen LogP contribution in [-0.4, -0.2) is 10.1 Å². The molecule has 80 valence electrons. The summed E-state index contributed by atoms with van der Waals surface area (Å²) in [6.07, 6.45) is 0. The van der Waals surface area contributed by atoms with E-state index in [-0.39, 0.29) is 0 Å². The van der Waals surface area contributed by atoms with Crippen molar-refractivity contribution in [2.75, 3.05) is 0 Å². The smallest absolute Gasteiger partial charge is 0.223 e. The zero-order chi connectivity index (χ0) is 11.1. The first-order valence-electron chi connectivity index (χ1n) is 5.04. The number of aryl methyl sites for hydroxylation is 2. The number of aromatic nitrogens is 2. The van der Waals surface area contributed by atoms with Crippen molar-refractivity contribution in [3.05, 3.63) is 35.9 Å². The van der Waals surface area contributed by atoms with Crippen LogP contribution in [0.1, 0.15) is 11.7 Å². The second kappa shape index (κ2) is 3.20. The zero-order valence-corrected chi connectivity index (χ0v) is 9.02. The van der Waals surface area contributed by atoms with Crippen LogP contribution in [0.3, 0.4) is 0 Å². The summed E-state index contributed by atoms with van der Waals surface area (Å²) < 4.78 is 10.5. The second-order valence-corrected chi connectivity index (χ2v) is 3.71. The summed E-state index contributed by atoms with van der Waals surface area (Å²) in [7, 11) is 0. The van der Waals surface area contributed by atoms with Crippen molar-refractivity contribution >= 4 is 11.0 Å². The first-order valence-corrected chi connectivity index (χ1v) is 5.04. The van der Waals surface area contributed by atoms with Gasteiger partial charge < -0.3 is 8.94 Å². The molecular formula is C12H10N2O2. The number of hydrogen-bond acceptors (Lipinski definition) is 4. The summed E-state index contributed by atoms with van der Waals surface area (Å²) in [6.45, 7) is 3.70. The molecule has 0 aliphatic rings. The van der Waals surface area contributed by atoms with Gasteiger partial charge in [0.25, 0.3) is 0 Å². The topological polar surface area (TPSA) is 52.1 Å². The quantitative estimate of drug-likeness (QED) is 0.624. The molecule has 0 bridgehead atoms. The van der Waals surface area contributed by atoms with Gasteiger partial charge in [0, 0.05) is 17.9 Å². The van der Waals surface area contributed by atoms with Gasteiger partial charge in [0.05, 0.1) is 0 Å². The molecule has 1 aromatic carbocycles. The van der Waals surface area contributed by atoms with E-state index in [9.17, 15) is 0 Å². The summed E-state index contributed by atoms with van der Waals surface area (Å²) in [5.74, 6) is 2.04.